The smallest absolute Gasteiger partial charge is 0.416 e. The zero-order chi connectivity index (χ0) is 20.9. The van der Waals surface area contributed by atoms with Crippen molar-refractivity contribution in [2.24, 2.45) is 0 Å². The van der Waals surface area contributed by atoms with Gasteiger partial charge in [-0.15, -0.1) is 0 Å². The Kier molecular flexibility index (Phi) is 6.71. The van der Waals surface area contributed by atoms with Gasteiger partial charge in [0.05, 0.1) is 19.1 Å². The molecule has 4 nitrogen and oxygen atoms in total. The summed E-state index contributed by atoms with van der Waals surface area (Å²) in [6.07, 6.45) is -5.54. The van der Waals surface area contributed by atoms with Crippen molar-refractivity contribution in [2.45, 2.75) is 25.1 Å². The zero-order valence-electron chi connectivity index (χ0n) is 14.6. The Balaban J connectivity index is 2.16. The van der Waals surface area contributed by atoms with Crippen molar-refractivity contribution in [1.82, 2.24) is 5.32 Å². The standard InChI is InChI=1S/C19H16F5NO3/c1-28-18(27)16(9-11-4-2-5-12(8-11)19(22,23)24)25-17(26)10-13-14(20)6-3-7-15(13)21/h2-8,16H,9-10H2,1H3,(H,25,26)/t16-/m1/s1. The Morgan fingerprint density at radius 2 is 1.68 bits per heavy atom. The van der Waals surface area contributed by atoms with E-state index in [0.717, 1.165) is 37.4 Å². The van der Waals surface area contributed by atoms with Gasteiger partial charge in [-0.05, 0) is 23.8 Å². The number of esters is 1. The topological polar surface area (TPSA) is 55.4 Å². The maximum absolute atomic E-state index is 13.7. The molecule has 0 radical (unpaired) electrons. The predicted octanol–water partition coefficient (Wildman–Crippen LogP) is 3.43. The van der Waals surface area contributed by atoms with Gasteiger partial charge in [-0.3, -0.25) is 4.79 Å². The largest absolute Gasteiger partial charge is 0.467 e. The van der Waals surface area contributed by atoms with Gasteiger partial charge in [0.25, 0.3) is 0 Å². The van der Waals surface area contributed by atoms with Crippen LogP contribution in [-0.4, -0.2) is 25.0 Å². The van der Waals surface area contributed by atoms with Crippen molar-refractivity contribution in [2.75, 3.05) is 7.11 Å². The van der Waals surface area contributed by atoms with Crippen LogP contribution in [0.3, 0.4) is 0 Å². The lowest BCUT2D eigenvalue weighted by molar-refractivity contribution is -0.145. The Bertz CT molecular complexity index is 847. The molecule has 150 valence electrons. The molecule has 28 heavy (non-hydrogen) atoms. The van der Waals surface area contributed by atoms with Crippen LogP contribution in [0.15, 0.2) is 42.5 Å². The first kappa shape index (κ1) is 21.3. The molecule has 1 amide bonds. The van der Waals surface area contributed by atoms with Gasteiger partial charge in [0.1, 0.15) is 17.7 Å². The summed E-state index contributed by atoms with van der Waals surface area (Å²) < 4.78 is 70.3. The third-order valence-electron chi connectivity index (χ3n) is 3.91. The normalized spacial score (nSPS) is 12.4. The fraction of sp³-hybridized carbons (Fsp3) is 0.263. The lowest BCUT2D eigenvalue weighted by Crippen LogP contribution is -2.43. The molecule has 0 aliphatic heterocycles. The van der Waals surface area contributed by atoms with Gasteiger partial charge in [0, 0.05) is 12.0 Å². The molecule has 0 saturated heterocycles. The van der Waals surface area contributed by atoms with Crippen molar-refractivity contribution < 1.29 is 36.3 Å². The molecule has 1 atom stereocenters. The van der Waals surface area contributed by atoms with Gasteiger partial charge in [0.2, 0.25) is 5.91 Å². The number of rotatable bonds is 6. The fourth-order valence-electron chi connectivity index (χ4n) is 2.55. The van der Waals surface area contributed by atoms with Gasteiger partial charge >= 0.3 is 12.1 Å². The van der Waals surface area contributed by atoms with Crippen LogP contribution in [0, 0.1) is 11.6 Å². The summed E-state index contributed by atoms with van der Waals surface area (Å²) in [6.45, 7) is 0. The van der Waals surface area contributed by atoms with Gasteiger partial charge in [0.15, 0.2) is 0 Å². The first-order valence-electron chi connectivity index (χ1n) is 8.08. The second-order valence-electron chi connectivity index (χ2n) is 5.92. The average Bonchev–Trinajstić information content (AvgIpc) is 2.63. The lowest BCUT2D eigenvalue weighted by atomic mass is 10.0. The molecule has 0 aliphatic rings. The number of carbonyl (C=O) groups excluding carboxylic acids is 2. The molecule has 1 N–H and O–H groups in total. The number of hydrogen-bond acceptors (Lipinski definition) is 3. The molecule has 2 aromatic rings. The highest BCUT2D eigenvalue weighted by Gasteiger charge is 2.31. The van der Waals surface area contributed by atoms with Gasteiger partial charge in [-0.25, -0.2) is 13.6 Å². The molecule has 0 aromatic heterocycles. The van der Waals surface area contributed by atoms with Crippen LogP contribution in [0.25, 0.3) is 0 Å². The van der Waals surface area contributed by atoms with E-state index in [1.807, 2.05) is 0 Å². The van der Waals surface area contributed by atoms with E-state index in [1.165, 1.54) is 12.1 Å². The van der Waals surface area contributed by atoms with E-state index in [1.54, 1.807) is 0 Å². The Labute approximate surface area is 157 Å². The maximum atomic E-state index is 13.7. The van der Waals surface area contributed by atoms with Crippen molar-refractivity contribution in [3.05, 3.63) is 70.8 Å². The van der Waals surface area contributed by atoms with Crippen molar-refractivity contribution >= 4 is 11.9 Å². The Hall–Kier alpha value is -2.97. The number of benzene rings is 2. The Morgan fingerprint density at radius 3 is 2.25 bits per heavy atom. The van der Waals surface area contributed by atoms with E-state index < -0.39 is 53.3 Å². The van der Waals surface area contributed by atoms with Crippen LogP contribution in [0.5, 0.6) is 0 Å². The number of ether oxygens (including phenoxy) is 1. The molecule has 0 spiro atoms. The molecule has 2 aromatic carbocycles. The molecule has 9 heteroatoms. The number of amides is 1. The Morgan fingerprint density at radius 1 is 1.07 bits per heavy atom. The minimum absolute atomic E-state index is 0.127. The van der Waals surface area contributed by atoms with E-state index in [4.69, 9.17) is 0 Å². The highest BCUT2D eigenvalue weighted by molar-refractivity contribution is 5.85. The molecule has 0 unspecified atom stereocenters. The number of hydrogen-bond donors (Lipinski definition) is 1. The van der Waals surface area contributed by atoms with Gasteiger partial charge in [-0.1, -0.05) is 24.3 Å². The molecule has 2 rings (SSSR count). The second-order valence-corrected chi connectivity index (χ2v) is 5.92. The van der Waals surface area contributed by atoms with Crippen LogP contribution in [-0.2, 0) is 33.3 Å². The molecule has 0 heterocycles. The third-order valence-corrected chi connectivity index (χ3v) is 3.91. The van der Waals surface area contributed by atoms with E-state index in [-0.39, 0.29) is 12.0 Å². The maximum Gasteiger partial charge on any atom is 0.416 e. The van der Waals surface area contributed by atoms with Crippen molar-refractivity contribution in [1.29, 1.82) is 0 Å². The van der Waals surface area contributed by atoms with Crippen LogP contribution in [0.2, 0.25) is 0 Å². The highest BCUT2D eigenvalue weighted by atomic mass is 19.4. The number of nitrogens with one attached hydrogen (secondary N) is 1. The molecular formula is C19H16F5NO3. The summed E-state index contributed by atoms with van der Waals surface area (Å²) in [7, 11) is 1.05. The summed E-state index contributed by atoms with van der Waals surface area (Å²) in [6, 6.07) is 6.01. The van der Waals surface area contributed by atoms with Crippen molar-refractivity contribution in [3.63, 3.8) is 0 Å². The molecule has 0 aliphatic carbocycles. The molecular weight excluding hydrogens is 385 g/mol. The summed E-state index contributed by atoms with van der Waals surface area (Å²) in [5, 5.41) is 2.25. The van der Waals surface area contributed by atoms with Gasteiger partial charge in [-0.2, -0.15) is 13.2 Å². The van der Waals surface area contributed by atoms with E-state index >= 15 is 0 Å². The summed E-state index contributed by atoms with van der Waals surface area (Å²) in [4.78, 5) is 24.0. The lowest BCUT2D eigenvalue weighted by Gasteiger charge is -2.17. The molecule has 0 saturated carbocycles. The minimum Gasteiger partial charge on any atom is -0.467 e. The summed E-state index contributed by atoms with van der Waals surface area (Å²) in [5.74, 6) is -3.64. The van der Waals surface area contributed by atoms with E-state index in [2.05, 4.69) is 10.1 Å². The summed E-state index contributed by atoms with van der Waals surface area (Å²) in [5.41, 5.74) is -1.27. The molecule has 0 fully saturated rings. The second kappa shape index (κ2) is 8.81. The quantitative estimate of drug-likeness (QED) is 0.596. The van der Waals surface area contributed by atoms with E-state index in [9.17, 15) is 31.5 Å². The predicted molar refractivity (Wildman–Crippen MR) is 89.2 cm³/mol. The number of carbonyl (C=O) groups is 2. The fourth-order valence-corrected chi connectivity index (χ4v) is 2.55. The monoisotopic (exact) mass is 401 g/mol. The first-order valence-corrected chi connectivity index (χ1v) is 8.08. The van der Waals surface area contributed by atoms with Gasteiger partial charge < -0.3 is 10.1 Å². The average molecular weight is 401 g/mol. The minimum atomic E-state index is -4.57. The van der Waals surface area contributed by atoms with Crippen LogP contribution < -0.4 is 5.32 Å². The van der Waals surface area contributed by atoms with Crippen LogP contribution in [0.1, 0.15) is 16.7 Å². The summed E-state index contributed by atoms with van der Waals surface area (Å²) >= 11 is 0. The highest BCUT2D eigenvalue weighted by Crippen LogP contribution is 2.29. The van der Waals surface area contributed by atoms with Crippen LogP contribution in [0.4, 0.5) is 22.0 Å². The SMILES string of the molecule is COC(=O)[C@@H](Cc1cccc(C(F)(F)F)c1)NC(=O)Cc1c(F)cccc1F. The number of halogens is 5. The molecule has 0 bridgehead atoms. The number of methoxy groups -OCH3 is 1. The van der Waals surface area contributed by atoms with Crippen molar-refractivity contribution in [3.8, 4) is 0 Å². The first-order chi connectivity index (χ1) is 13.1. The van der Waals surface area contributed by atoms with Crippen LogP contribution >= 0.6 is 0 Å². The number of alkyl halides is 3. The third kappa shape index (κ3) is 5.51. The zero-order valence-corrected chi connectivity index (χ0v) is 14.6. The van der Waals surface area contributed by atoms with E-state index in [0.29, 0.717) is 0 Å².